The number of carbonyl (C=O) groups excluding carboxylic acids is 1. The van der Waals surface area contributed by atoms with Crippen molar-refractivity contribution in [3.8, 4) is 0 Å². The van der Waals surface area contributed by atoms with Crippen LogP contribution in [-0.2, 0) is 4.79 Å². The number of aromatic nitrogens is 4. The van der Waals surface area contributed by atoms with Gasteiger partial charge < -0.3 is 25.4 Å². The van der Waals surface area contributed by atoms with E-state index < -0.39 is 0 Å². The van der Waals surface area contributed by atoms with E-state index in [1.807, 2.05) is 22.5 Å². The van der Waals surface area contributed by atoms with Crippen molar-refractivity contribution in [2.24, 2.45) is 5.41 Å². The molecule has 9 nitrogen and oxygen atoms in total. The van der Waals surface area contributed by atoms with Crippen molar-refractivity contribution >= 4 is 55.6 Å². The number of benzene rings is 1. The Balaban J connectivity index is 1.12. The highest BCUT2D eigenvalue weighted by molar-refractivity contribution is 7.16. The van der Waals surface area contributed by atoms with Gasteiger partial charge in [0.2, 0.25) is 5.91 Å². The van der Waals surface area contributed by atoms with Crippen molar-refractivity contribution in [2.75, 3.05) is 38.5 Å². The molecule has 0 spiro atoms. The molecule has 0 bridgehead atoms. The van der Waals surface area contributed by atoms with Crippen LogP contribution in [0.2, 0.25) is 0 Å². The van der Waals surface area contributed by atoms with Gasteiger partial charge in [-0.2, -0.15) is 0 Å². The number of hydrogen-bond acceptors (Lipinski definition) is 8. The third kappa shape index (κ3) is 5.61. The smallest absolute Gasteiger partial charge is 0.230 e. The average molecular weight is 559 g/mol. The Labute approximate surface area is 239 Å². The summed E-state index contributed by atoms with van der Waals surface area (Å²) in [5.41, 5.74) is 6.67. The second-order valence-corrected chi connectivity index (χ2v) is 12.6. The zero-order valence-corrected chi connectivity index (χ0v) is 24.5. The molecule has 210 valence electrons. The van der Waals surface area contributed by atoms with Gasteiger partial charge >= 0.3 is 0 Å². The number of fused-ring (bicyclic) bond motifs is 2. The quantitative estimate of drug-likeness (QED) is 0.251. The van der Waals surface area contributed by atoms with Gasteiger partial charge in [0.1, 0.15) is 17.8 Å². The maximum atomic E-state index is 13.6. The summed E-state index contributed by atoms with van der Waals surface area (Å²) in [5, 5.41) is 7.96. The summed E-state index contributed by atoms with van der Waals surface area (Å²) in [6.07, 6.45) is 6.57. The fourth-order valence-electron chi connectivity index (χ4n) is 5.98. The molecular formula is C30H38N8OS. The van der Waals surface area contributed by atoms with Crippen molar-refractivity contribution in [2.45, 2.75) is 52.1 Å². The highest BCUT2D eigenvalue weighted by Gasteiger charge is 2.52. The van der Waals surface area contributed by atoms with Crippen molar-refractivity contribution < 1.29 is 4.79 Å². The van der Waals surface area contributed by atoms with E-state index in [1.54, 1.807) is 17.7 Å². The monoisotopic (exact) mass is 558 g/mol. The van der Waals surface area contributed by atoms with Crippen LogP contribution >= 0.6 is 11.3 Å². The molecule has 6 rings (SSSR count). The molecular weight excluding hydrogens is 520 g/mol. The summed E-state index contributed by atoms with van der Waals surface area (Å²) in [6, 6.07) is 9.11. The van der Waals surface area contributed by atoms with Crippen molar-refractivity contribution in [3.63, 3.8) is 0 Å². The summed E-state index contributed by atoms with van der Waals surface area (Å²) in [4.78, 5) is 34.8. The molecule has 1 saturated carbocycles. The standard InChI is InChI=1S/C30H38N8OS/c1-19(2)34-20(3)15-37(4)16-30(9-10-30)29(39)38-11-7-21(8-12-38)25-14-23-27(31-17-32-28(23)36-25)35-22-5-6-24-26(13-22)40-18-33-24/h5-7,13-14,17-20,34H,8-12,15-16H2,1-4H3,(H2,31,32,35,36). The van der Waals surface area contributed by atoms with Crippen LogP contribution in [0, 0.1) is 5.41 Å². The first-order valence-corrected chi connectivity index (χ1v) is 15.0. The van der Waals surface area contributed by atoms with Gasteiger partial charge in [-0.15, -0.1) is 11.3 Å². The van der Waals surface area contributed by atoms with E-state index in [9.17, 15) is 4.79 Å². The van der Waals surface area contributed by atoms with Crippen LogP contribution in [0.15, 0.2) is 42.2 Å². The Morgan fingerprint density at radius 3 is 2.80 bits per heavy atom. The number of hydrogen-bond donors (Lipinski definition) is 3. The Morgan fingerprint density at radius 2 is 2.05 bits per heavy atom. The van der Waals surface area contributed by atoms with E-state index in [0.29, 0.717) is 24.5 Å². The summed E-state index contributed by atoms with van der Waals surface area (Å²) < 4.78 is 1.13. The Morgan fingerprint density at radius 1 is 1.20 bits per heavy atom. The van der Waals surface area contributed by atoms with Gasteiger partial charge in [0.15, 0.2) is 0 Å². The fraction of sp³-hybridized carbons (Fsp3) is 0.467. The van der Waals surface area contributed by atoms with Gasteiger partial charge in [0.05, 0.1) is 26.5 Å². The summed E-state index contributed by atoms with van der Waals surface area (Å²) >= 11 is 1.62. The van der Waals surface area contributed by atoms with Crippen molar-refractivity contribution in [1.29, 1.82) is 0 Å². The number of H-pyrrole nitrogens is 1. The molecule has 0 radical (unpaired) electrons. The SMILES string of the molecule is CC(C)NC(C)CN(C)CC1(C(=O)N2CC=C(c3cc4c(Nc5ccc6ncsc6c5)ncnc4[nH]3)CC2)CC1. The minimum Gasteiger partial charge on any atom is -0.340 e. The highest BCUT2D eigenvalue weighted by atomic mass is 32.1. The van der Waals surface area contributed by atoms with E-state index in [4.69, 9.17) is 0 Å². The third-order valence-electron chi connectivity index (χ3n) is 7.95. The zero-order valence-electron chi connectivity index (χ0n) is 23.7. The first-order valence-electron chi connectivity index (χ1n) is 14.2. The number of thiazole rings is 1. The third-order valence-corrected chi connectivity index (χ3v) is 8.74. The number of aromatic amines is 1. The fourth-order valence-corrected chi connectivity index (χ4v) is 6.69. The Hall–Kier alpha value is -3.34. The molecule has 1 unspecified atom stereocenters. The number of carbonyl (C=O) groups is 1. The molecule has 2 aliphatic rings. The van der Waals surface area contributed by atoms with Crippen LogP contribution in [-0.4, -0.2) is 81.0 Å². The molecule has 1 fully saturated rings. The molecule has 1 atom stereocenters. The average Bonchev–Trinajstić information content (AvgIpc) is 3.33. The molecule has 3 N–H and O–H groups in total. The number of nitrogens with zero attached hydrogens (tertiary/aromatic N) is 5. The lowest BCUT2D eigenvalue weighted by Crippen LogP contribution is -2.46. The van der Waals surface area contributed by atoms with Gasteiger partial charge in [-0.25, -0.2) is 15.0 Å². The van der Waals surface area contributed by atoms with Crippen molar-refractivity contribution in [3.05, 3.63) is 47.9 Å². The second-order valence-electron chi connectivity index (χ2n) is 11.8. The van der Waals surface area contributed by atoms with Crippen molar-refractivity contribution in [1.82, 2.24) is 35.1 Å². The van der Waals surface area contributed by atoms with Crippen LogP contribution in [0.4, 0.5) is 11.5 Å². The molecule has 4 heterocycles. The maximum absolute atomic E-state index is 13.6. The predicted octanol–water partition coefficient (Wildman–Crippen LogP) is 5.03. The first kappa shape index (κ1) is 26.9. The van der Waals surface area contributed by atoms with E-state index in [1.165, 1.54) is 5.57 Å². The molecule has 4 aromatic rings. The van der Waals surface area contributed by atoms with Crippen LogP contribution in [0.1, 0.15) is 45.7 Å². The van der Waals surface area contributed by atoms with Gasteiger partial charge in [0.25, 0.3) is 0 Å². The van der Waals surface area contributed by atoms with Gasteiger partial charge in [-0.05, 0) is 63.1 Å². The Kier molecular flexibility index (Phi) is 7.33. The van der Waals surface area contributed by atoms with E-state index >= 15 is 0 Å². The summed E-state index contributed by atoms with van der Waals surface area (Å²) in [5.74, 6) is 1.08. The highest BCUT2D eigenvalue weighted by Crippen LogP contribution is 2.48. The van der Waals surface area contributed by atoms with Gasteiger partial charge in [0, 0.05) is 49.6 Å². The van der Waals surface area contributed by atoms with Crippen LogP contribution in [0.5, 0.6) is 0 Å². The second kappa shape index (κ2) is 10.9. The number of anilines is 2. The van der Waals surface area contributed by atoms with E-state index in [2.05, 4.69) is 81.5 Å². The molecule has 1 aliphatic carbocycles. The van der Waals surface area contributed by atoms with Gasteiger partial charge in [-0.3, -0.25) is 4.79 Å². The molecule has 40 heavy (non-hydrogen) atoms. The molecule has 3 aromatic heterocycles. The lowest BCUT2D eigenvalue weighted by molar-refractivity contribution is -0.137. The number of rotatable bonds is 10. The van der Waals surface area contributed by atoms with E-state index in [0.717, 1.165) is 77.3 Å². The van der Waals surface area contributed by atoms with Gasteiger partial charge in [-0.1, -0.05) is 19.9 Å². The van der Waals surface area contributed by atoms with Crippen LogP contribution < -0.4 is 10.6 Å². The minimum atomic E-state index is -0.211. The summed E-state index contributed by atoms with van der Waals surface area (Å²) in [6.45, 7) is 9.71. The molecule has 0 saturated heterocycles. The zero-order chi connectivity index (χ0) is 27.9. The molecule has 1 aliphatic heterocycles. The predicted molar refractivity (Wildman–Crippen MR) is 163 cm³/mol. The number of amides is 1. The minimum absolute atomic E-state index is 0.211. The molecule has 10 heteroatoms. The normalized spacial score (nSPS) is 17.6. The van der Waals surface area contributed by atoms with Crippen LogP contribution in [0.25, 0.3) is 26.8 Å². The number of likely N-dealkylation sites (N-methyl/N-ethyl adjacent to an activating group) is 1. The molecule has 1 aromatic carbocycles. The van der Waals surface area contributed by atoms with Crippen LogP contribution in [0.3, 0.4) is 0 Å². The molecule has 1 amide bonds. The first-order chi connectivity index (χ1) is 19.3. The Bertz CT molecular complexity index is 1550. The lowest BCUT2D eigenvalue weighted by atomic mass is 10.00. The largest absolute Gasteiger partial charge is 0.340 e. The summed E-state index contributed by atoms with van der Waals surface area (Å²) in [7, 11) is 2.14. The maximum Gasteiger partial charge on any atom is 0.230 e. The topological polar surface area (TPSA) is 102 Å². The lowest BCUT2D eigenvalue weighted by Gasteiger charge is -2.32. The van der Waals surface area contributed by atoms with E-state index in [-0.39, 0.29) is 5.41 Å². The number of nitrogens with one attached hydrogen (secondary N) is 3.